The molecule has 5 rings (SSSR count). The van der Waals surface area contributed by atoms with Gasteiger partial charge in [0.2, 0.25) is 5.95 Å². The van der Waals surface area contributed by atoms with E-state index in [-0.39, 0.29) is 104 Å². The van der Waals surface area contributed by atoms with Gasteiger partial charge < -0.3 is 47.8 Å². The number of morpholine rings is 2. The maximum absolute atomic E-state index is 12.6. The second-order valence-electron chi connectivity index (χ2n) is 11.2. The molecule has 2 aromatic heterocycles. The number of aromatic nitrogens is 3. The van der Waals surface area contributed by atoms with Crippen molar-refractivity contribution in [1.82, 2.24) is 15.0 Å². The van der Waals surface area contributed by atoms with E-state index in [4.69, 9.17) is 33.9 Å². The van der Waals surface area contributed by atoms with Crippen LogP contribution in [-0.2, 0) is 110 Å². The SMILES string of the molecule is COc1ccc(-c2ccc3c(N4CCOC[C@H]4C)nc(N4CCOC[C@H]4C)nc3n2)cc1COC(=O)CC(CO[C-]=O)CO[C-]=O.[Y].[Y]. The summed E-state index contributed by atoms with van der Waals surface area (Å²) in [6, 6.07) is 9.68. The molecule has 0 N–H and O–H groups in total. The first-order valence-electron chi connectivity index (χ1n) is 15.1. The Labute approximate surface area is 329 Å². The number of anilines is 2. The summed E-state index contributed by atoms with van der Waals surface area (Å²) < 4.78 is 31.6. The molecule has 2 aliphatic rings. The van der Waals surface area contributed by atoms with Crippen molar-refractivity contribution in [3.05, 3.63) is 35.9 Å². The summed E-state index contributed by atoms with van der Waals surface area (Å²) in [6.07, 6.45) is -0.147. The molecule has 0 saturated carbocycles. The maximum Gasteiger partial charge on any atom is 0.306 e. The zero-order valence-electron chi connectivity index (χ0n) is 27.3. The first-order chi connectivity index (χ1) is 22.4. The summed E-state index contributed by atoms with van der Waals surface area (Å²) in [4.78, 5) is 52.9. The van der Waals surface area contributed by atoms with E-state index in [0.717, 1.165) is 16.8 Å². The van der Waals surface area contributed by atoms with Crippen LogP contribution in [-0.4, -0.2) is 106 Å². The van der Waals surface area contributed by atoms with Crippen LogP contribution in [0.25, 0.3) is 22.3 Å². The Hall–Kier alpha value is -2.35. The van der Waals surface area contributed by atoms with Crippen LogP contribution in [0.2, 0.25) is 0 Å². The number of ether oxygens (including phenoxy) is 6. The van der Waals surface area contributed by atoms with Gasteiger partial charge in [0.05, 0.1) is 76.3 Å². The molecule has 0 aliphatic carbocycles. The molecule has 2 radical (unpaired) electrons. The third-order valence-electron chi connectivity index (χ3n) is 7.97. The van der Waals surface area contributed by atoms with Crippen molar-refractivity contribution in [2.75, 3.05) is 69.6 Å². The van der Waals surface area contributed by atoms with E-state index in [2.05, 4.69) is 33.1 Å². The standard InChI is InChI=1S/C32H37N5O9.2Y/c1-21-14-42-10-8-36(21)31-26-5-6-27(33-30(26)34-32(35-31)37-9-11-43-15-22(37)2)24-4-7-28(41-3)25(13-24)18-46-29(40)12-23(16-44-19-38)17-45-20-39;;/h4-7,13,21-23H,8-12,14-18H2,1-3H3;;/q-2;;/t21-,22-;;/m1../s1. The number of carbonyl (C=O) groups is 1. The van der Waals surface area contributed by atoms with Gasteiger partial charge in [-0.25, -0.2) is 4.98 Å². The number of methoxy groups -OCH3 is 1. The van der Waals surface area contributed by atoms with E-state index in [9.17, 15) is 14.4 Å². The Morgan fingerprint density at radius 3 is 2.23 bits per heavy atom. The largest absolute Gasteiger partial charge is 0.652 e. The molecular formula is C32H37N5O9Y2-2. The second-order valence-corrected chi connectivity index (χ2v) is 11.2. The number of carbonyl (C=O) groups excluding carboxylic acids is 3. The van der Waals surface area contributed by atoms with Crippen LogP contribution in [0, 0.1) is 5.92 Å². The Morgan fingerprint density at radius 2 is 1.60 bits per heavy atom. The smallest absolute Gasteiger partial charge is 0.306 e. The van der Waals surface area contributed by atoms with E-state index in [1.54, 1.807) is 6.07 Å². The molecule has 2 saturated heterocycles. The molecule has 0 spiro atoms. The fourth-order valence-electron chi connectivity index (χ4n) is 5.53. The molecule has 14 nitrogen and oxygen atoms in total. The van der Waals surface area contributed by atoms with Crippen molar-refractivity contribution < 1.29 is 108 Å². The fraction of sp³-hybridized carbons (Fsp3) is 0.500. The third-order valence-corrected chi connectivity index (χ3v) is 7.97. The van der Waals surface area contributed by atoms with Gasteiger partial charge in [0.1, 0.15) is 18.2 Å². The number of benzene rings is 1. The van der Waals surface area contributed by atoms with Gasteiger partial charge in [-0.2, -0.15) is 9.97 Å². The van der Waals surface area contributed by atoms with Crippen LogP contribution in [0.15, 0.2) is 30.3 Å². The summed E-state index contributed by atoms with van der Waals surface area (Å²) >= 11 is 0. The van der Waals surface area contributed by atoms with Crippen LogP contribution < -0.4 is 14.5 Å². The van der Waals surface area contributed by atoms with Crippen LogP contribution >= 0.6 is 0 Å². The van der Waals surface area contributed by atoms with E-state index < -0.39 is 11.9 Å². The van der Waals surface area contributed by atoms with Crippen molar-refractivity contribution >= 4 is 41.7 Å². The number of fused-ring (bicyclic) bond motifs is 1. The van der Waals surface area contributed by atoms with E-state index in [1.165, 1.54) is 20.1 Å². The van der Waals surface area contributed by atoms with Crippen LogP contribution in [0.1, 0.15) is 25.8 Å². The molecular weight excluding hydrogens is 776 g/mol. The van der Waals surface area contributed by atoms with E-state index in [0.29, 0.717) is 68.1 Å². The van der Waals surface area contributed by atoms with Gasteiger partial charge >= 0.3 is 5.97 Å². The summed E-state index contributed by atoms with van der Waals surface area (Å²) in [5.74, 6) is 0.790. The molecule has 2 atom stereocenters. The summed E-state index contributed by atoms with van der Waals surface area (Å²) in [7, 11) is 1.53. The van der Waals surface area contributed by atoms with Gasteiger partial charge in [0.15, 0.2) is 5.65 Å². The maximum atomic E-state index is 12.6. The summed E-state index contributed by atoms with van der Waals surface area (Å²) in [5, 5.41) is 0.840. The molecule has 1 aromatic carbocycles. The minimum atomic E-state index is -0.594. The Morgan fingerprint density at radius 1 is 0.938 bits per heavy atom. The van der Waals surface area contributed by atoms with Gasteiger partial charge in [-0.1, -0.05) is 12.9 Å². The van der Waals surface area contributed by atoms with Crippen molar-refractivity contribution in [3.63, 3.8) is 0 Å². The van der Waals surface area contributed by atoms with Crippen molar-refractivity contribution in [2.24, 2.45) is 5.92 Å². The first-order valence-corrected chi connectivity index (χ1v) is 15.1. The van der Waals surface area contributed by atoms with Crippen LogP contribution in [0.4, 0.5) is 11.8 Å². The second kappa shape index (κ2) is 19.7. The number of rotatable bonds is 14. The molecule has 0 amide bonds. The van der Waals surface area contributed by atoms with Crippen molar-refractivity contribution in [3.8, 4) is 17.0 Å². The third kappa shape index (κ3) is 10.1. The minimum absolute atomic E-state index is 0. The van der Waals surface area contributed by atoms with Gasteiger partial charge in [-0.3, -0.25) is 4.79 Å². The Kier molecular flexibility index (Phi) is 16.5. The number of esters is 1. The number of hydrogen-bond donors (Lipinski definition) is 0. The average molecular weight is 813 g/mol. The van der Waals surface area contributed by atoms with Gasteiger partial charge in [0, 0.05) is 95.6 Å². The molecule has 4 heterocycles. The first kappa shape index (κ1) is 40.1. The zero-order chi connectivity index (χ0) is 32.5. The van der Waals surface area contributed by atoms with Crippen LogP contribution in [0.3, 0.4) is 0 Å². The molecule has 2 aliphatic heterocycles. The predicted molar refractivity (Wildman–Crippen MR) is 166 cm³/mol. The van der Waals surface area contributed by atoms with Gasteiger partial charge in [-0.15, -0.1) is 0 Å². The predicted octanol–water partition coefficient (Wildman–Crippen LogP) is 2.36. The number of hydrogen-bond acceptors (Lipinski definition) is 14. The van der Waals surface area contributed by atoms with Crippen molar-refractivity contribution in [1.29, 1.82) is 0 Å². The molecule has 16 heteroatoms. The van der Waals surface area contributed by atoms with Crippen molar-refractivity contribution in [2.45, 2.75) is 39.0 Å². The minimum Gasteiger partial charge on any atom is -0.652 e. The number of pyridine rings is 1. The molecule has 3 aromatic rings. The topological polar surface area (TPSA) is 152 Å². The van der Waals surface area contributed by atoms with Gasteiger partial charge in [0.25, 0.3) is 0 Å². The zero-order valence-corrected chi connectivity index (χ0v) is 32.9. The van der Waals surface area contributed by atoms with Gasteiger partial charge in [-0.05, 0) is 44.2 Å². The Balaban J connectivity index is 0.00000312. The average Bonchev–Trinajstić information content (AvgIpc) is 3.08. The number of nitrogens with zero attached hydrogens (tertiary/aromatic N) is 5. The monoisotopic (exact) mass is 813 g/mol. The molecule has 2 fully saturated rings. The Bertz CT molecular complexity index is 1520. The van der Waals surface area contributed by atoms with Crippen LogP contribution in [0.5, 0.6) is 5.75 Å². The molecule has 0 bridgehead atoms. The quantitative estimate of drug-likeness (QED) is 0.133. The molecule has 252 valence electrons. The normalized spacial score (nSPS) is 17.6. The van der Waals surface area contributed by atoms with E-state index in [1.807, 2.05) is 24.3 Å². The summed E-state index contributed by atoms with van der Waals surface area (Å²) in [5.41, 5.74) is 2.63. The summed E-state index contributed by atoms with van der Waals surface area (Å²) in [6.45, 7) is 10.2. The fourth-order valence-corrected chi connectivity index (χ4v) is 5.53. The molecule has 48 heavy (non-hydrogen) atoms. The molecule has 0 unspecified atom stereocenters. The van der Waals surface area contributed by atoms with E-state index >= 15 is 0 Å².